The van der Waals surface area contributed by atoms with Crippen molar-refractivity contribution in [2.45, 2.75) is 13.0 Å². The van der Waals surface area contributed by atoms with Gasteiger partial charge in [-0.15, -0.1) is 0 Å². The van der Waals surface area contributed by atoms with E-state index in [0.29, 0.717) is 6.54 Å². The molecule has 0 unspecified atom stereocenters. The first-order chi connectivity index (χ1) is 11.7. The predicted octanol–water partition coefficient (Wildman–Crippen LogP) is 2.06. The van der Waals surface area contributed by atoms with Crippen LogP contribution in [0.25, 0.3) is 10.8 Å². The first-order valence-corrected chi connectivity index (χ1v) is 8.46. The molecule has 3 rings (SSSR count). The molecular formula is C19H24N2O3. The maximum atomic E-state index is 12.2. The second-order valence-electron chi connectivity index (χ2n) is 5.98. The molecule has 5 heteroatoms. The van der Waals surface area contributed by atoms with Crippen molar-refractivity contribution in [3.05, 3.63) is 42.5 Å². The van der Waals surface area contributed by atoms with Crippen molar-refractivity contribution in [2.24, 2.45) is 0 Å². The molecule has 24 heavy (non-hydrogen) atoms. The molecular weight excluding hydrogens is 304 g/mol. The van der Waals surface area contributed by atoms with E-state index in [9.17, 15) is 4.79 Å². The average molecular weight is 328 g/mol. The molecule has 0 radical (unpaired) electrons. The quantitative estimate of drug-likeness (QED) is 0.882. The minimum absolute atomic E-state index is 0.0869. The summed E-state index contributed by atoms with van der Waals surface area (Å²) in [5, 5.41) is 5.08. The summed E-state index contributed by atoms with van der Waals surface area (Å²) in [7, 11) is 0. The van der Waals surface area contributed by atoms with Crippen LogP contribution < -0.4 is 10.1 Å². The lowest BCUT2D eigenvalue weighted by Gasteiger charge is -2.26. The van der Waals surface area contributed by atoms with E-state index in [2.05, 4.69) is 10.2 Å². The van der Waals surface area contributed by atoms with E-state index < -0.39 is 6.10 Å². The van der Waals surface area contributed by atoms with Gasteiger partial charge in [0.1, 0.15) is 5.75 Å². The molecule has 1 amide bonds. The van der Waals surface area contributed by atoms with Gasteiger partial charge in [-0.05, 0) is 18.4 Å². The van der Waals surface area contributed by atoms with Crippen molar-refractivity contribution >= 4 is 16.7 Å². The Kier molecular flexibility index (Phi) is 5.67. The molecule has 1 heterocycles. The Morgan fingerprint density at radius 2 is 1.96 bits per heavy atom. The number of hydrogen-bond acceptors (Lipinski definition) is 4. The molecule has 1 N–H and O–H groups in total. The number of rotatable bonds is 6. The fraction of sp³-hybridized carbons (Fsp3) is 0.421. The first-order valence-electron chi connectivity index (χ1n) is 8.46. The van der Waals surface area contributed by atoms with E-state index in [1.54, 1.807) is 6.92 Å². The summed E-state index contributed by atoms with van der Waals surface area (Å²) in [5.74, 6) is 0.653. The summed E-state index contributed by atoms with van der Waals surface area (Å²) in [6.07, 6.45) is -0.527. The number of carbonyl (C=O) groups is 1. The SMILES string of the molecule is C[C@H](Oc1cccc2ccccc12)C(=O)NCCN1CCOCC1. The maximum absolute atomic E-state index is 12.2. The average Bonchev–Trinajstić information content (AvgIpc) is 2.63. The third-order valence-electron chi connectivity index (χ3n) is 4.25. The highest BCUT2D eigenvalue weighted by Crippen LogP contribution is 2.25. The molecule has 2 aromatic carbocycles. The van der Waals surface area contributed by atoms with Gasteiger partial charge in [0.15, 0.2) is 6.10 Å². The molecule has 2 aromatic rings. The highest BCUT2D eigenvalue weighted by atomic mass is 16.5. The van der Waals surface area contributed by atoms with Gasteiger partial charge in [0.2, 0.25) is 0 Å². The van der Waals surface area contributed by atoms with Gasteiger partial charge in [0, 0.05) is 31.6 Å². The summed E-state index contributed by atoms with van der Waals surface area (Å²) < 4.78 is 11.2. The zero-order valence-electron chi connectivity index (χ0n) is 14.0. The molecule has 0 bridgehead atoms. The molecule has 0 saturated carbocycles. The van der Waals surface area contributed by atoms with E-state index in [1.807, 2.05) is 42.5 Å². The van der Waals surface area contributed by atoms with Gasteiger partial charge in [0.25, 0.3) is 5.91 Å². The molecule has 1 atom stereocenters. The Bertz CT molecular complexity index is 678. The van der Waals surface area contributed by atoms with Crippen molar-refractivity contribution in [2.75, 3.05) is 39.4 Å². The van der Waals surface area contributed by atoms with Crippen LogP contribution in [0.1, 0.15) is 6.92 Å². The first kappa shape index (κ1) is 16.7. The largest absolute Gasteiger partial charge is 0.480 e. The second-order valence-corrected chi connectivity index (χ2v) is 5.98. The minimum Gasteiger partial charge on any atom is -0.480 e. The number of nitrogens with zero attached hydrogens (tertiary/aromatic N) is 1. The van der Waals surface area contributed by atoms with Crippen LogP contribution in [0, 0.1) is 0 Å². The Morgan fingerprint density at radius 1 is 1.21 bits per heavy atom. The summed E-state index contributed by atoms with van der Waals surface area (Å²) >= 11 is 0. The molecule has 0 aliphatic carbocycles. The van der Waals surface area contributed by atoms with Gasteiger partial charge in [-0.25, -0.2) is 0 Å². The molecule has 1 saturated heterocycles. The van der Waals surface area contributed by atoms with Gasteiger partial charge in [0.05, 0.1) is 13.2 Å². The lowest BCUT2D eigenvalue weighted by molar-refractivity contribution is -0.127. The van der Waals surface area contributed by atoms with Crippen LogP contribution in [-0.4, -0.2) is 56.3 Å². The third-order valence-corrected chi connectivity index (χ3v) is 4.25. The number of amides is 1. The Labute approximate surface area is 142 Å². The second kappa shape index (κ2) is 8.13. The fourth-order valence-corrected chi connectivity index (χ4v) is 2.85. The molecule has 0 aromatic heterocycles. The zero-order chi connectivity index (χ0) is 16.8. The Hall–Kier alpha value is -2.11. The molecule has 1 aliphatic heterocycles. The van der Waals surface area contributed by atoms with Crippen molar-refractivity contribution in [3.8, 4) is 5.75 Å². The van der Waals surface area contributed by atoms with Crippen LogP contribution in [-0.2, 0) is 9.53 Å². The fourth-order valence-electron chi connectivity index (χ4n) is 2.85. The van der Waals surface area contributed by atoms with Gasteiger partial charge in [-0.2, -0.15) is 0 Å². The van der Waals surface area contributed by atoms with Crippen molar-refractivity contribution in [1.82, 2.24) is 10.2 Å². The lowest BCUT2D eigenvalue weighted by Crippen LogP contribution is -2.43. The lowest BCUT2D eigenvalue weighted by atomic mass is 10.1. The monoisotopic (exact) mass is 328 g/mol. The van der Waals surface area contributed by atoms with Gasteiger partial charge in [-0.3, -0.25) is 9.69 Å². The summed E-state index contributed by atoms with van der Waals surface area (Å²) in [6.45, 7) is 6.66. The topological polar surface area (TPSA) is 50.8 Å². The van der Waals surface area contributed by atoms with Gasteiger partial charge in [-0.1, -0.05) is 36.4 Å². The molecule has 5 nitrogen and oxygen atoms in total. The van der Waals surface area contributed by atoms with Gasteiger partial charge < -0.3 is 14.8 Å². The minimum atomic E-state index is -0.527. The number of nitrogens with one attached hydrogen (secondary N) is 1. The Balaban J connectivity index is 1.51. The number of morpholine rings is 1. The number of hydrogen-bond donors (Lipinski definition) is 1. The van der Waals surface area contributed by atoms with E-state index in [1.165, 1.54) is 0 Å². The summed E-state index contributed by atoms with van der Waals surface area (Å²) in [6, 6.07) is 13.9. The van der Waals surface area contributed by atoms with Crippen LogP contribution >= 0.6 is 0 Å². The normalized spacial score (nSPS) is 16.7. The summed E-state index contributed by atoms with van der Waals surface area (Å²) in [4.78, 5) is 14.5. The van der Waals surface area contributed by atoms with Gasteiger partial charge >= 0.3 is 0 Å². The van der Waals surface area contributed by atoms with E-state index in [4.69, 9.17) is 9.47 Å². The van der Waals surface area contributed by atoms with E-state index in [0.717, 1.165) is 49.4 Å². The predicted molar refractivity (Wildman–Crippen MR) is 94.3 cm³/mol. The van der Waals surface area contributed by atoms with Crippen LogP contribution in [0.15, 0.2) is 42.5 Å². The van der Waals surface area contributed by atoms with Crippen LogP contribution in [0.4, 0.5) is 0 Å². The van der Waals surface area contributed by atoms with Crippen molar-refractivity contribution in [1.29, 1.82) is 0 Å². The molecule has 128 valence electrons. The number of ether oxygens (including phenoxy) is 2. The third kappa shape index (κ3) is 4.24. The highest BCUT2D eigenvalue weighted by molar-refractivity contribution is 5.89. The van der Waals surface area contributed by atoms with E-state index in [-0.39, 0.29) is 5.91 Å². The molecule has 1 fully saturated rings. The van der Waals surface area contributed by atoms with Crippen LogP contribution in [0.3, 0.4) is 0 Å². The highest BCUT2D eigenvalue weighted by Gasteiger charge is 2.16. The maximum Gasteiger partial charge on any atom is 0.260 e. The zero-order valence-corrected chi connectivity index (χ0v) is 14.0. The van der Waals surface area contributed by atoms with Crippen LogP contribution in [0.2, 0.25) is 0 Å². The standard InChI is InChI=1S/C19H24N2O3/c1-15(19(22)20-9-10-21-11-13-23-14-12-21)24-18-8-4-6-16-5-2-3-7-17(16)18/h2-8,15H,9-14H2,1H3,(H,20,22)/t15-/m0/s1. The summed E-state index contributed by atoms with van der Waals surface area (Å²) in [5.41, 5.74) is 0. The Morgan fingerprint density at radius 3 is 2.79 bits per heavy atom. The number of fused-ring (bicyclic) bond motifs is 1. The molecule has 0 spiro atoms. The number of benzene rings is 2. The smallest absolute Gasteiger partial charge is 0.260 e. The van der Waals surface area contributed by atoms with Crippen molar-refractivity contribution < 1.29 is 14.3 Å². The number of carbonyl (C=O) groups excluding carboxylic acids is 1. The van der Waals surface area contributed by atoms with Crippen LogP contribution in [0.5, 0.6) is 5.75 Å². The van der Waals surface area contributed by atoms with E-state index >= 15 is 0 Å². The molecule has 1 aliphatic rings. The van der Waals surface area contributed by atoms with Crippen molar-refractivity contribution in [3.63, 3.8) is 0 Å².